The van der Waals surface area contributed by atoms with Gasteiger partial charge in [0.25, 0.3) is 0 Å². The van der Waals surface area contributed by atoms with Crippen LogP contribution in [0.3, 0.4) is 0 Å². The lowest BCUT2D eigenvalue weighted by Crippen LogP contribution is -2.32. The zero-order valence-electron chi connectivity index (χ0n) is 13.2. The number of carboxylic acid groups (broad SMARTS) is 1. The van der Waals surface area contributed by atoms with Crippen molar-refractivity contribution < 1.29 is 14.7 Å². The number of carbonyl (C=O) groups excluding carboxylic acids is 1. The smallest absolute Gasteiger partial charge is 0.320 e. The molecule has 0 unspecified atom stereocenters. The molecule has 0 saturated carbocycles. The quantitative estimate of drug-likeness (QED) is 0.796. The summed E-state index contributed by atoms with van der Waals surface area (Å²) < 4.78 is 0. The molecule has 2 aromatic carbocycles. The van der Waals surface area contributed by atoms with Crippen LogP contribution in [0.15, 0.2) is 48.5 Å². The number of hydrogen-bond donors (Lipinski definition) is 2. The fourth-order valence-electron chi connectivity index (χ4n) is 2.21. The van der Waals surface area contributed by atoms with Crippen molar-refractivity contribution in [3.8, 4) is 0 Å². The Morgan fingerprint density at radius 3 is 1.91 bits per heavy atom. The van der Waals surface area contributed by atoms with Gasteiger partial charge >= 0.3 is 5.97 Å². The van der Waals surface area contributed by atoms with E-state index in [-0.39, 0.29) is 12.2 Å². The van der Waals surface area contributed by atoms with E-state index in [1.165, 1.54) is 0 Å². The first kappa shape index (κ1) is 16.7. The van der Waals surface area contributed by atoms with E-state index in [1.54, 1.807) is 36.4 Å². The predicted molar refractivity (Wildman–Crippen MR) is 90.0 cm³/mol. The zero-order valence-corrected chi connectivity index (χ0v) is 13.2. The van der Waals surface area contributed by atoms with Crippen LogP contribution >= 0.6 is 0 Å². The molecule has 23 heavy (non-hydrogen) atoms. The predicted octanol–water partition coefficient (Wildman–Crippen LogP) is 1.94. The summed E-state index contributed by atoms with van der Waals surface area (Å²) in [6, 6.07) is 13.3. The highest BCUT2D eigenvalue weighted by Gasteiger charge is 2.13. The molecule has 0 heterocycles. The van der Waals surface area contributed by atoms with Gasteiger partial charge in [0.15, 0.2) is 5.78 Å². The maximum absolute atomic E-state index is 12.4. The van der Waals surface area contributed by atoms with Crippen LogP contribution in [0.2, 0.25) is 0 Å². The highest BCUT2D eigenvalue weighted by atomic mass is 16.4. The number of ketones is 1. The summed E-state index contributed by atoms with van der Waals surface area (Å²) in [5.41, 5.74) is 8.51. The van der Waals surface area contributed by atoms with Gasteiger partial charge in [-0.15, -0.1) is 0 Å². The molecule has 0 spiro atoms. The van der Waals surface area contributed by atoms with Gasteiger partial charge in [-0.05, 0) is 36.2 Å². The first-order valence-corrected chi connectivity index (χ1v) is 7.28. The minimum atomic E-state index is -1.04. The van der Waals surface area contributed by atoms with Crippen LogP contribution in [0.1, 0.15) is 21.5 Å². The van der Waals surface area contributed by atoms with E-state index in [0.29, 0.717) is 11.1 Å². The van der Waals surface area contributed by atoms with Gasteiger partial charge in [0.2, 0.25) is 0 Å². The van der Waals surface area contributed by atoms with Crippen molar-refractivity contribution in [2.24, 2.45) is 5.73 Å². The zero-order chi connectivity index (χ0) is 17.0. The third-order valence-electron chi connectivity index (χ3n) is 3.63. The van der Waals surface area contributed by atoms with Crippen molar-refractivity contribution in [2.75, 3.05) is 19.0 Å². The van der Waals surface area contributed by atoms with E-state index in [2.05, 4.69) is 0 Å². The van der Waals surface area contributed by atoms with Crippen LogP contribution in [-0.4, -0.2) is 37.0 Å². The number of nitrogens with two attached hydrogens (primary N) is 1. The van der Waals surface area contributed by atoms with E-state index in [1.807, 2.05) is 31.1 Å². The molecule has 5 nitrogen and oxygen atoms in total. The van der Waals surface area contributed by atoms with E-state index in [0.717, 1.165) is 11.3 Å². The molecule has 5 heteroatoms. The number of anilines is 1. The summed E-state index contributed by atoms with van der Waals surface area (Å²) in [4.78, 5) is 25.2. The van der Waals surface area contributed by atoms with Crippen molar-refractivity contribution in [3.63, 3.8) is 0 Å². The van der Waals surface area contributed by atoms with Crippen LogP contribution < -0.4 is 10.6 Å². The summed E-state index contributed by atoms with van der Waals surface area (Å²) in [5.74, 6) is -1.10. The summed E-state index contributed by atoms with van der Waals surface area (Å²) in [6.45, 7) is 0. The maximum Gasteiger partial charge on any atom is 0.320 e. The minimum absolute atomic E-state index is 0.0654. The van der Waals surface area contributed by atoms with Crippen LogP contribution in [0.4, 0.5) is 5.69 Å². The minimum Gasteiger partial charge on any atom is -0.480 e. The molecule has 0 amide bonds. The van der Waals surface area contributed by atoms with Crippen LogP contribution in [0.5, 0.6) is 0 Å². The Labute approximate surface area is 135 Å². The summed E-state index contributed by atoms with van der Waals surface area (Å²) in [6.07, 6.45) is 0.237. The fraction of sp³-hybridized carbons (Fsp3) is 0.222. The van der Waals surface area contributed by atoms with Crippen molar-refractivity contribution >= 4 is 17.4 Å². The van der Waals surface area contributed by atoms with Gasteiger partial charge in [0, 0.05) is 30.9 Å². The maximum atomic E-state index is 12.4. The van der Waals surface area contributed by atoms with Gasteiger partial charge in [-0.1, -0.05) is 24.3 Å². The molecular weight excluding hydrogens is 292 g/mol. The molecule has 0 fully saturated rings. The number of carboxylic acids is 1. The topological polar surface area (TPSA) is 83.6 Å². The van der Waals surface area contributed by atoms with Crippen LogP contribution in [0.25, 0.3) is 0 Å². The van der Waals surface area contributed by atoms with E-state index in [9.17, 15) is 9.59 Å². The Kier molecular flexibility index (Phi) is 5.13. The Morgan fingerprint density at radius 1 is 1.00 bits per heavy atom. The molecule has 120 valence electrons. The highest BCUT2D eigenvalue weighted by molar-refractivity contribution is 6.09. The lowest BCUT2D eigenvalue weighted by molar-refractivity contribution is -0.138. The SMILES string of the molecule is CN(C)c1ccc(C(=O)c2ccc(C[C@H](N)C(=O)O)cc2)cc1. The second-order valence-corrected chi connectivity index (χ2v) is 5.62. The highest BCUT2D eigenvalue weighted by Crippen LogP contribution is 2.16. The van der Waals surface area contributed by atoms with Gasteiger partial charge in [-0.25, -0.2) is 0 Å². The molecule has 0 aliphatic carbocycles. The second kappa shape index (κ2) is 7.07. The lowest BCUT2D eigenvalue weighted by Gasteiger charge is -2.12. The first-order valence-electron chi connectivity index (χ1n) is 7.28. The standard InChI is InChI=1S/C18H20N2O3/c1-20(2)15-9-7-14(8-10-15)17(21)13-5-3-12(4-6-13)11-16(19)18(22)23/h3-10,16H,11,19H2,1-2H3,(H,22,23)/t16-/m0/s1. The van der Waals surface area contributed by atoms with Crippen molar-refractivity contribution in [2.45, 2.75) is 12.5 Å². The van der Waals surface area contributed by atoms with Crippen molar-refractivity contribution in [1.82, 2.24) is 0 Å². The monoisotopic (exact) mass is 312 g/mol. The second-order valence-electron chi connectivity index (χ2n) is 5.62. The van der Waals surface area contributed by atoms with Gasteiger partial charge < -0.3 is 15.7 Å². The number of benzene rings is 2. The molecule has 1 atom stereocenters. The molecule has 0 aliphatic rings. The number of hydrogen-bond acceptors (Lipinski definition) is 4. The lowest BCUT2D eigenvalue weighted by atomic mass is 9.99. The Balaban J connectivity index is 2.12. The van der Waals surface area contributed by atoms with Gasteiger partial charge in [-0.3, -0.25) is 9.59 Å². The van der Waals surface area contributed by atoms with E-state index < -0.39 is 12.0 Å². The molecule has 0 bridgehead atoms. The number of carbonyl (C=O) groups is 2. The molecular formula is C18H20N2O3. The Hall–Kier alpha value is -2.66. The normalized spacial score (nSPS) is 11.8. The third kappa shape index (κ3) is 4.17. The molecule has 0 radical (unpaired) electrons. The molecule has 0 aromatic heterocycles. The molecule has 2 aromatic rings. The largest absolute Gasteiger partial charge is 0.480 e. The summed E-state index contributed by atoms with van der Waals surface area (Å²) in [5, 5.41) is 8.81. The molecule has 3 N–H and O–H groups in total. The first-order chi connectivity index (χ1) is 10.9. The average molecular weight is 312 g/mol. The third-order valence-corrected chi connectivity index (χ3v) is 3.63. The van der Waals surface area contributed by atoms with E-state index in [4.69, 9.17) is 10.8 Å². The van der Waals surface area contributed by atoms with Crippen molar-refractivity contribution in [1.29, 1.82) is 0 Å². The molecule has 0 aliphatic heterocycles. The average Bonchev–Trinajstić information content (AvgIpc) is 2.55. The number of nitrogens with zero attached hydrogens (tertiary/aromatic N) is 1. The number of aliphatic carboxylic acids is 1. The van der Waals surface area contributed by atoms with Crippen molar-refractivity contribution in [3.05, 3.63) is 65.2 Å². The summed E-state index contributed by atoms with van der Waals surface area (Å²) >= 11 is 0. The summed E-state index contributed by atoms with van der Waals surface area (Å²) in [7, 11) is 3.88. The van der Waals surface area contributed by atoms with Gasteiger partial charge in [-0.2, -0.15) is 0 Å². The van der Waals surface area contributed by atoms with Crippen LogP contribution in [-0.2, 0) is 11.2 Å². The van der Waals surface area contributed by atoms with Gasteiger partial charge in [0.05, 0.1) is 0 Å². The van der Waals surface area contributed by atoms with Gasteiger partial charge in [0.1, 0.15) is 6.04 Å². The van der Waals surface area contributed by atoms with Crippen LogP contribution in [0, 0.1) is 0 Å². The molecule has 2 rings (SSSR count). The molecule has 0 saturated heterocycles. The number of rotatable bonds is 6. The Bertz CT molecular complexity index is 691. The van der Waals surface area contributed by atoms with E-state index >= 15 is 0 Å². The fourth-order valence-corrected chi connectivity index (χ4v) is 2.21. The Morgan fingerprint density at radius 2 is 1.48 bits per heavy atom.